The summed E-state index contributed by atoms with van der Waals surface area (Å²) in [4.78, 5) is 0. The lowest BCUT2D eigenvalue weighted by molar-refractivity contribution is 0.755. The van der Waals surface area contributed by atoms with Crippen molar-refractivity contribution in [2.24, 2.45) is 0 Å². The van der Waals surface area contributed by atoms with Crippen LogP contribution < -0.4 is 5.32 Å². The van der Waals surface area contributed by atoms with Crippen LogP contribution in [0.1, 0.15) is 31.2 Å². The Bertz CT molecular complexity index is 431. The molecule has 1 saturated carbocycles. The first-order chi connectivity index (χ1) is 7.70. The molecule has 0 radical (unpaired) electrons. The van der Waals surface area contributed by atoms with Crippen molar-refractivity contribution >= 4 is 28.9 Å². The molecule has 4 heteroatoms. The third-order valence-corrected chi connectivity index (χ3v) is 3.52. The van der Waals surface area contributed by atoms with Crippen LogP contribution in [-0.4, -0.2) is 6.04 Å². The summed E-state index contributed by atoms with van der Waals surface area (Å²) in [6.45, 7) is 0. The summed E-state index contributed by atoms with van der Waals surface area (Å²) in [7, 11) is 0. The number of anilines is 1. The molecule has 16 heavy (non-hydrogen) atoms. The lowest BCUT2D eigenvalue weighted by Gasteiger charge is -2.15. The van der Waals surface area contributed by atoms with Crippen LogP contribution in [0.3, 0.4) is 0 Å². The molecule has 0 spiro atoms. The lowest BCUT2D eigenvalue weighted by Crippen LogP contribution is -2.14. The van der Waals surface area contributed by atoms with Gasteiger partial charge in [-0.1, -0.05) is 36.0 Å². The maximum Gasteiger partial charge on any atom is 0.101 e. The highest BCUT2D eigenvalue weighted by atomic mass is 35.5. The van der Waals surface area contributed by atoms with Crippen molar-refractivity contribution in [1.82, 2.24) is 0 Å². The van der Waals surface area contributed by atoms with Gasteiger partial charge >= 0.3 is 0 Å². The minimum absolute atomic E-state index is 0.407. The van der Waals surface area contributed by atoms with E-state index in [0.29, 0.717) is 21.7 Å². The van der Waals surface area contributed by atoms with Crippen LogP contribution in [0.2, 0.25) is 10.0 Å². The standard InChI is InChI=1S/C12H12Cl2N2/c13-10-6-11(14)12(5-8(10)7-15)16-9-3-1-2-4-9/h5-6,9,16H,1-4H2. The molecule has 1 fully saturated rings. The number of hydrogen-bond donors (Lipinski definition) is 1. The van der Waals surface area contributed by atoms with E-state index in [4.69, 9.17) is 28.5 Å². The smallest absolute Gasteiger partial charge is 0.101 e. The van der Waals surface area contributed by atoms with Gasteiger partial charge in [0.2, 0.25) is 0 Å². The van der Waals surface area contributed by atoms with E-state index >= 15 is 0 Å². The molecule has 0 amide bonds. The number of benzene rings is 1. The van der Waals surface area contributed by atoms with Crippen molar-refractivity contribution in [1.29, 1.82) is 5.26 Å². The van der Waals surface area contributed by atoms with E-state index in [2.05, 4.69) is 11.4 Å². The normalized spacial score (nSPS) is 16.1. The molecule has 0 atom stereocenters. The van der Waals surface area contributed by atoms with Gasteiger partial charge in [-0.2, -0.15) is 5.26 Å². The van der Waals surface area contributed by atoms with Crippen molar-refractivity contribution in [3.05, 3.63) is 27.7 Å². The SMILES string of the molecule is N#Cc1cc(NC2CCCC2)c(Cl)cc1Cl. The zero-order valence-corrected chi connectivity index (χ0v) is 10.3. The average molecular weight is 255 g/mol. The van der Waals surface area contributed by atoms with Crippen LogP contribution in [0, 0.1) is 11.3 Å². The first kappa shape index (κ1) is 11.6. The Morgan fingerprint density at radius 2 is 1.88 bits per heavy atom. The van der Waals surface area contributed by atoms with E-state index in [0.717, 1.165) is 5.69 Å². The quantitative estimate of drug-likeness (QED) is 0.858. The second-order valence-electron chi connectivity index (χ2n) is 4.05. The lowest BCUT2D eigenvalue weighted by atomic mass is 10.2. The van der Waals surface area contributed by atoms with Gasteiger partial charge in [0.1, 0.15) is 6.07 Å². The predicted octanol–water partition coefficient (Wildman–Crippen LogP) is 4.22. The third-order valence-electron chi connectivity index (χ3n) is 2.89. The topological polar surface area (TPSA) is 35.8 Å². The molecule has 0 saturated heterocycles. The van der Waals surface area contributed by atoms with Gasteiger partial charge in [0, 0.05) is 6.04 Å². The first-order valence-corrected chi connectivity index (χ1v) is 6.12. The molecule has 1 aliphatic rings. The van der Waals surface area contributed by atoms with Crippen LogP contribution >= 0.6 is 23.2 Å². The Balaban J connectivity index is 2.23. The molecule has 0 aromatic heterocycles. The molecule has 1 aromatic rings. The third kappa shape index (κ3) is 2.42. The van der Waals surface area contributed by atoms with E-state index in [9.17, 15) is 0 Å². The molecule has 1 aromatic carbocycles. The van der Waals surface area contributed by atoms with Gasteiger partial charge < -0.3 is 5.32 Å². The molecular formula is C12H12Cl2N2. The van der Waals surface area contributed by atoms with Gasteiger partial charge in [-0.05, 0) is 25.0 Å². The van der Waals surface area contributed by atoms with Gasteiger partial charge in [-0.25, -0.2) is 0 Å². The number of hydrogen-bond acceptors (Lipinski definition) is 2. The molecule has 1 N–H and O–H groups in total. The highest BCUT2D eigenvalue weighted by Gasteiger charge is 2.16. The molecule has 84 valence electrons. The Kier molecular flexibility index (Phi) is 3.58. The van der Waals surface area contributed by atoms with Gasteiger partial charge in [0.05, 0.1) is 21.3 Å². The summed E-state index contributed by atoms with van der Waals surface area (Å²) < 4.78 is 0. The number of nitrogens with one attached hydrogen (secondary N) is 1. The van der Waals surface area contributed by atoms with E-state index in [1.54, 1.807) is 12.1 Å². The number of nitrogens with zero attached hydrogens (tertiary/aromatic N) is 1. The summed E-state index contributed by atoms with van der Waals surface area (Å²) in [5.41, 5.74) is 1.28. The average Bonchev–Trinajstić information content (AvgIpc) is 2.75. The Morgan fingerprint density at radius 3 is 2.50 bits per heavy atom. The van der Waals surface area contributed by atoms with Gasteiger partial charge in [0.25, 0.3) is 0 Å². The summed E-state index contributed by atoms with van der Waals surface area (Å²) in [6, 6.07) is 5.88. The van der Waals surface area contributed by atoms with Crippen LogP contribution in [0.4, 0.5) is 5.69 Å². The molecule has 0 heterocycles. The van der Waals surface area contributed by atoms with Crippen molar-refractivity contribution in [3.63, 3.8) is 0 Å². The first-order valence-electron chi connectivity index (χ1n) is 5.36. The molecule has 2 nitrogen and oxygen atoms in total. The van der Waals surface area contributed by atoms with Crippen molar-refractivity contribution in [2.75, 3.05) is 5.32 Å². The minimum Gasteiger partial charge on any atom is -0.381 e. The summed E-state index contributed by atoms with van der Waals surface area (Å²) in [6.07, 6.45) is 4.85. The fourth-order valence-corrected chi connectivity index (χ4v) is 2.52. The molecule has 0 bridgehead atoms. The summed E-state index contributed by atoms with van der Waals surface area (Å²) >= 11 is 12.0. The zero-order valence-electron chi connectivity index (χ0n) is 8.76. The van der Waals surface area contributed by atoms with E-state index in [-0.39, 0.29) is 0 Å². The van der Waals surface area contributed by atoms with Crippen LogP contribution in [-0.2, 0) is 0 Å². The van der Waals surface area contributed by atoms with E-state index in [1.807, 2.05) is 0 Å². The van der Waals surface area contributed by atoms with Crippen LogP contribution in [0.5, 0.6) is 0 Å². The summed E-state index contributed by atoms with van der Waals surface area (Å²) in [5, 5.41) is 13.2. The van der Waals surface area contributed by atoms with Gasteiger partial charge in [0.15, 0.2) is 0 Å². The zero-order chi connectivity index (χ0) is 11.5. The molecule has 2 rings (SSSR count). The highest BCUT2D eigenvalue weighted by Crippen LogP contribution is 2.31. The van der Waals surface area contributed by atoms with Crippen molar-refractivity contribution in [3.8, 4) is 6.07 Å². The maximum atomic E-state index is 8.89. The molecule has 0 aliphatic heterocycles. The largest absolute Gasteiger partial charge is 0.381 e. The van der Waals surface area contributed by atoms with Gasteiger partial charge in [-0.3, -0.25) is 0 Å². The van der Waals surface area contributed by atoms with E-state index in [1.165, 1.54) is 25.7 Å². The summed E-state index contributed by atoms with van der Waals surface area (Å²) in [5.74, 6) is 0. The van der Waals surface area contributed by atoms with Crippen molar-refractivity contribution < 1.29 is 0 Å². The fourth-order valence-electron chi connectivity index (χ4n) is 2.04. The number of nitriles is 1. The van der Waals surface area contributed by atoms with Crippen LogP contribution in [0.25, 0.3) is 0 Å². The van der Waals surface area contributed by atoms with Crippen LogP contribution in [0.15, 0.2) is 12.1 Å². The second kappa shape index (κ2) is 4.95. The maximum absolute atomic E-state index is 8.89. The predicted molar refractivity (Wildman–Crippen MR) is 67.1 cm³/mol. The number of halogens is 2. The molecular weight excluding hydrogens is 243 g/mol. The second-order valence-corrected chi connectivity index (χ2v) is 4.86. The number of rotatable bonds is 2. The Hall–Kier alpha value is -0.910. The molecule has 1 aliphatic carbocycles. The van der Waals surface area contributed by atoms with Gasteiger partial charge in [-0.15, -0.1) is 0 Å². The highest BCUT2D eigenvalue weighted by molar-refractivity contribution is 6.37. The molecule has 0 unspecified atom stereocenters. The monoisotopic (exact) mass is 254 g/mol. The van der Waals surface area contributed by atoms with Crippen molar-refractivity contribution in [2.45, 2.75) is 31.7 Å². The Morgan fingerprint density at radius 1 is 1.19 bits per heavy atom. The minimum atomic E-state index is 0.407. The van der Waals surface area contributed by atoms with E-state index < -0.39 is 0 Å². The Labute approximate surface area is 105 Å². The fraction of sp³-hybridized carbons (Fsp3) is 0.417.